The number of aliphatic hydroxyl groups is 2. The van der Waals surface area contributed by atoms with Gasteiger partial charge in [-0.2, -0.15) is 0 Å². The summed E-state index contributed by atoms with van der Waals surface area (Å²) in [6.07, 6.45) is -2.52. The minimum Gasteiger partial charge on any atom is -0.478 e. The number of halogens is 1. The van der Waals surface area contributed by atoms with Gasteiger partial charge in [0, 0.05) is 15.9 Å². The molecule has 7 nitrogen and oxygen atoms in total. The summed E-state index contributed by atoms with van der Waals surface area (Å²) in [6.45, 7) is 0.0215. The largest absolute Gasteiger partial charge is 0.478 e. The van der Waals surface area contributed by atoms with Crippen LogP contribution in [-0.2, 0) is 0 Å². The molecule has 0 saturated heterocycles. The molecule has 8 heteroatoms. The summed E-state index contributed by atoms with van der Waals surface area (Å²) in [4.78, 5) is 13.6. The lowest BCUT2D eigenvalue weighted by Gasteiger charge is -2.19. The zero-order valence-electron chi connectivity index (χ0n) is 9.77. The molecule has 102 valence electrons. The summed E-state index contributed by atoms with van der Waals surface area (Å²) in [6, 6.07) is 4.35. The van der Waals surface area contributed by atoms with Crippen molar-refractivity contribution >= 4 is 21.9 Å². The number of carboxylic acid groups (broad SMARTS) is 1. The second kappa shape index (κ2) is 7.10. The highest BCUT2D eigenvalue weighted by molar-refractivity contribution is 9.10. The number of hydrogen-bond donors (Lipinski definition) is 3. The summed E-state index contributed by atoms with van der Waals surface area (Å²) >= 11 is 3.14. The van der Waals surface area contributed by atoms with Crippen molar-refractivity contribution in [1.29, 1.82) is 0 Å². The topological polar surface area (TPSA) is 127 Å². The van der Waals surface area contributed by atoms with E-state index in [-0.39, 0.29) is 24.1 Å². The second-order valence-electron chi connectivity index (χ2n) is 3.79. The molecule has 3 N–H and O–H groups in total. The Balaban J connectivity index is 2.95. The fraction of sp³-hybridized carbons (Fsp3) is 0.364. The Labute approximate surface area is 117 Å². The Morgan fingerprint density at radius 1 is 1.47 bits per heavy atom. The minimum atomic E-state index is -1.35. The van der Waals surface area contributed by atoms with Crippen molar-refractivity contribution in [2.45, 2.75) is 18.6 Å². The van der Waals surface area contributed by atoms with Crippen LogP contribution in [0.15, 0.2) is 27.8 Å². The maximum absolute atomic E-state index is 11.1. The highest BCUT2D eigenvalue weighted by Crippen LogP contribution is 2.25. The number of aromatic carboxylic acids is 1. The van der Waals surface area contributed by atoms with Crippen molar-refractivity contribution in [3.8, 4) is 0 Å². The quantitative estimate of drug-likeness (QED) is 0.420. The zero-order valence-corrected chi connectivity index (χ0v) is 11.4. The van der Waals surface area contributed by atoms with Crippen LogP contribution in [0, 0.1) is 0 Å². The fourth-order valence-electron chi connectivity index (χ4n) is 1.57. The van der Waals surface area contributed by atoms with E-state index < -0.39 is 18.2 Å². The third kappa shape index (κ3) is 4.22. The number of nitrogens with zero attached hydrogens (tertiary/aromatic N) is 3. The molecule has 0 heterocycles. The molecule has 1 aromatic rings. The number of azide groups is 1. The molecule has 19 heavy (non-hydrogen) atoms. The van der Waals surface area contributed by atoms with Crippen molar-refractivity contribution in [2.24, 2.45) is 5.11 Å². The van der Waals surface area contributed by atoms with Crippen LogP contribution in [0.2, 0.25) is 0 Å². The molecule has 0 aromatic heterocycles. The van der Waals surface area contributed by atoms with Crippen molar-refractivity contribution in [2.75, 3.05) is 6.54 Å². The molecule has 0 aliphatic heterocycles. The van der Waals surface area contributed by atoms with Gasteiger partial charge in [-0.15, -0.1) is 0 Å². The van der Waals surface area contributed by atoms with Gasteiger partial charge < -0.3 is 15.3 Å². The predicted molar refractivity (Wildman–Crippen MR) is 70.7 cm³/mol. The van der Waals surface area contributed by atoms with Gasteiger partial charge in [0.25, 0.3) is 0 Å². The molecule has 2 atom stereocenters. The summed E-state index contributed by atoms with van der Waals surface area (Å²) in [7, 11) is 0. The standard InChI is InChI=1S/C11H12BrN3O4/c12-6-1-2-7(8(5-6)11(18)19)10(17)9(16)3-4-14-15-13/h1-2,5,9-10,16-17H,3-4H2,(H,18,19). The van der Waals surface area contributed by atoms with Gasteiger partial charge in [0.15, 0.2) is 0 Å². The number of carbonyl (C=O) groups is 1. The van der Waals surface area contributed by atoms with Gasteiger partial charge in [-0.05, 0) is 29.6 Å². The Hall–Kier alpha value is -1.60. The van der Waals surface area contributed by atoms with E-state index in [0.717, 1.165) is 0 Å². The van der Waals surface area contributed by atoms with E-state index in [4.69, 9.17) is 10.6 Å². The number of aliphatic hydroxyl groups excluding tert-OH is 2. The van der Waals surface area contributed by atoms with Gasteiger partial charge in [0.1, 0.15) is 6.10 Å². The van der Waals surface area contributed by atoms with E-state index >= 15 is 0 Å². The van der Waals surface area contributed by atoms with Crippen LogP contribution in [-0.4, -0.2) is 33.9 Å². The van der Waals surface area contributed by atoms with Crippen LogP contribution in [0.5, 0.6) is 0 Å². The SMILES string of the molecule is [N-]=[N+]=NCCC(O)C(O)c1ccc(Br)cc1C(=O)O. The van der Waals surface area contributed by atoms with Crippen LogP contribution in [0.25, 0.3) is 10.4 Å². The molecule has 0 fully saturated rings. The molecule has 0 amide bonds. The van der Waals surface area contributed by atoms with Gasteiger partial charge >= 0.3 is 5.97 Å². The molecular weight excluding hydrogens is 318 g/mol. The van der Waals surface area contributed by atoms with Gasteiger partial charge in [-0.3, -0.25) is 0 Å². The van der Waals surface area contributed by atoms with E-state index in [1.165, 1.54) is 12.1 Å². The normalized spacial score (nSPS) is 13.4. The van der Waals surface area contributed by atoms with E-state index in [1.807, 2.05) is 0 Å². The zero-order chi connectivity index (χ0) is 14.4. The molecule has 0 aliphatic rings. The maximum Gasteiger partial charge on any atom is 0.336 e. The Kier molecular flexibility index (Phi) is 5.78. The molecule has 0 saturated carbocycles. The minimum absolute atomic E-state index is 0.0215. The van der Waals surface area contributed by atoms with Gasteiger partial charge in [-0.1, -0.05) is 27.1 Å². The van der Waals surface area contributed by atoms with Crippen LogP contribution in [0.3, 0.4) is 0 Å². The molecule has 0 spiro atoms. The Bertz CT molecular complexity index is 517. The maximum atomic E-state index is 11.1. The van der Waals surface area contributed by atoms with Crippen LogP contribution in [0.4, 0.5) is 0 Å². The summed E-state index contributed by atoms with van der Waals surface area (Å²) in [5.74, 6) is -1.20. The van der Waals surface area contributed by atoms with Crippen LogP contribution < -0.4 is 0 Å². The Morgan fingerprint density at radius 3 is 2.74 bits per heavy atom. The van der Waals surface area contributed by atoms with Crippen LogP contribution in [0.1, 0.15) is 28.4 Å². The first-order valence-electron chi connectivity index (χ1n) is 5.37. The molecule has 0 bridgehead atoms. The van der Waals surface area contributed by atoms with E-state index in [9.17, 15) is 15.0 Å². The average molecular weight is 330 g/mol. The molecule has 0 aliphatic carbocycles. The van der Waals surface area contributed by atoms with Gasteiger partial charge in [0.05, 0.1) is 11.7 Å². The van der Waals surface area contributed by atoms with Crippen molar-refractivity contribution in [3.63, 3.8) is 0 Å². The smallest absolute Gasteiger partial charge is 0.336 e. The summed E-state index contributed by atoms with van der Waals surface area (Å²) in [5, 5.41) is 32.0. The van der Waals surface area contributed by atoms with Gasteiger partial charge in [-0.25, -0.2) is 4.79 Å². The number of benzene rings is 1. The second-order valence-corrected chi connectivity index (χ2v) is 4.71. The third-order valence-electron chi connectivity index (χ3n) is 2.52. The molecule has 1 rings (SSSR count). The number of rotatable bonds is 6. The lowest BCUT2D eigenvalue weighted by Crippen LogP contribution is -2.21. The highest BCUT2D eigenvalue weighted by Gasteiger charge is 2.23. The van der Waals surface area contributed by atoms with Crippen molar-refractivity contribution in [3.05, 3.63) is 44.2 Å². The monoisotopic (exact) mass is 329 g/mol. The first kappa shape index (κ1) is 15.5. The molecule has 1 aromatic carbocycles. The summed E-state index contributed by atoms with van der Waals surface area (Å²) in [5.41, 5.74) is 8.14. The van der Waals surface area contributed by atoms with E-state index in [2.05, 4.69) is 26.0 Å². The molecular formula is C11H12BrN3O4. The lowest BCUT2D eigenvalue weighted by atomic mass is 9.97. The Morgan fingerprint density at radius 2 is 2.16 bits per heavy atom. The van der Waals surface area contributed by atoms with E-state index in [1.54, 1.807) is 6.07 Å². The number of carboxylic acids is 1. The molecule has 2 unspecified atom stereocenters. The van der Waals surface area contributed by atoms with Crippen molar-refractivity contribution in [1.82, 2.24) is 0 Å². The molecule has 0 radical (unpaired) electrons. The third-order valence-corrected chi connectivity index (χ3v) is 3.01. The summed E-state index contributed by atoms with van der Waals surface area (Å²) < 4.78 is 0.560. The van der Waals surface area contributed by atoms with Crippen molar-refractivity contribution < 1.29 is 20.1 Å². The first-order valence-corrected chi connectivity index (χ1v) is 6.16. The average Bonchev–Trinajstić information content (AvgIpc) is 2.38. The lowest BCUT2D eigenvalue weighted by molar-refractivity contribution is 0.0141. The van der Waals surface area contributed by atoms with Crippen LogP contribution >= 0.6 is 15.9 Å². The van der Waals surface area contributed by atoms with Gasteiger partial charge in [0.2, 0.25) is 0 Å². The predicted octanol–water partition coefficient (Wildman–Crippen LogP) is 2.24. The highest BCUT2D eigenvalue weighted by atomic mass is 79.9. The first-order chi connectivity index (χ1) is 8.97. The van der Waals surface area contributed by atoms with E-state index in [0.29, 0.717) is 4.47 Å². The number of hydrogen-bond acceptors (Lipinski definition) is 4. The fourth-order valence-corrected chi connectivity index (χ4v) is 1.93.